The third-order valence-electron chi connectivity index (χ3n) is 0. The van der Waals surface area contributed by atoms with E-state index in [2.05, 4.69) is 0 Å². The third-order valence-corrected chi connectivity index (χ3v) is 0. The summed E-state index contributed by atoms with van der Waals surface area (Å²) in [7, 11) is 0. The Morgan fingerprint density at radius 1 is 0.375 bits per heavy atom. The second-order valence-corrected chi connectivity index (χ2v) is 0. The summed E-state index contributed by atoms with van der Waals surface area (Å²) >= 11 is 0. The minimum absolute atomic E-state index is 0. The number of hydrogen-bond donors (Lipinski definition) is 0. The van der Waals surface area contributed by atoms with E-state index in [-0.39, 0.29) is 126 Å². The predicted octanol–water partition coefficient (Wildman–Crippen LogP) is -6.51. The van der Waals surface area contributed by atoms with Gasteiger partial charge in [-0.05, 0) is 0 Å². The summed E-state index contributed by atoms with van der Waals surface area (Å²) in [5.74, 6) is 0. The Balaban J connectivity index is 0. The summed E-state index contributed by atoms with van der Waals surface area (Å²) in [5, 5.41) is 0. The quantitative estimate of drug-likeness (QED) is 0.370. The van der Waals surface area contributed by atoms with E-state index in [0.717, 1.165) is 0 Å². The zero-order valence-corrected chi connectivity index (χ0v) is 7.74. The Hall–Kier alpha value is 2.61. The van der Waals surface area contributed by atoms with Crippen molar-refractivity contribution in [3.8, 4) is 0 Å². The maximum absolute atomic E-state index is 0. The van der Waals surface area contributed by atoms with Crippen molar-refractivity contribution in [2.24, 2.45) is 0 Å². The normalized spacial score (nSPS) is 0. The van der Waals surface area contributed by atoms with Crippen LogP contribution in [0.4, 0.5) is 0 Å². The van der Waals surface area contributed by atoms with Crippen molar-refractivity contribution >= 4 is 92.8 Å². The monoisotopic (exact) mass is 364 g/mol. The molecule has 0 fully saturated rings. The summed E-state index contributed by atoms with van der Waals surface area (Å²) in [4.78, 5) is 0. The van der Waals surface area contributed by atoms with Crippen LogP contribution in [0.25, 0.3) is 0 Å². The van der Waals surface area contributed by atoms with E-state index >= 15 is 0 Å². The van der Waals surface area contributed by atoms with Gasteiger partial charge < -0.3 is 32.9 Å². The van der Waals surface area contributed by atoms with Crippen molar-refractivity contribution in [1.82, 2.24) is 0 Å². The first-order chi connectivity index (χ1) is 0. The molecule has 0 aliphatic carbocycles. The van der Waals surface area contributed by atoms with Crippen LogP contribution >= 0.6 is 0 Å². The molecule has 8 heavy (non-hydrogen) atoms. The van der Waals surface area contributed by atoms with E-state index in [0.29, 0.717) is 0 Å². The summed E-state index contributed by atoms with van der Waals surface area (Å²) in [6.45, 7) is 0. The molecule has 0 rings (SSSR count). The second-order valence-electron chi connectivity index (χ2n) is 0. The molecular formula is H15CsO6Sn. The molecule has 6 nitrogen and oxygen atoms in total. The Morgan fingerprint density at radius 2 is 0.375 bits per heavy atom. The molecule has 0 aromatic rings. The van der Waals surface area contributed by atoms with Crippen LogP contribution in [0.3, 0.4) is 0 Å². The molecule has 2 radical (unpaired) electrons. The van der Waals surface area contributed by atoms with Crippen LogP contribution in [-0.2, 0) is 0 Å². The van der Waals surface area contributed by atoms with Crippen molar-refractivity contribution < 1.29 is 32.9 Å². The van der Waals surface area contributed by atoms with E-state index < -0.39 is 0 Å². The Labute approximate surface area is 123 Å². The van der Waals surface area contributed by atoms with Gasteiger partial charge in [0.15, 0.2) is 0 Å². The van der Waals surface area contributed by atoms with Gasteiger partial charge in [-0.25, -0.2) is 0 Å². The van der Waals surface area contributed by atoms with Crippen LogP contribution in [-0.4, -0.2) is 126 Å². The minimum atomic E-state index is 0. The summed E-state index contributed by atoms with van der Waals surface area (Å²) in [6, 6.07) is 0. The number of rotatable bonds is 0. The van der Waals surface area contributed by atoms with E-state index in [1.165, 1.54) is 0 Å². The van der Waals surface area contributed by atoms with E-state index in [9.17, 15) is 0 Å². The van der Waals surface area contributed by atoms with Gasteiger partial charge in [-0.2, -0.15) is 0 Å². The van der Waals surface area contributed by atoms with Crippen LogP contribution in [0.2, 0.25) is 0 Å². The zero-order valence-electron chi connectivity index (χ0n) is 3.71. The molecule has 0 unspecified atom stereocenters. The van der Waals surface area contributed by atoms with Crippen LogP contribution in [0.1, 0.15) is 0 Å². The van der Waals surface area contributed by atoms with Crippen LogP contribution in [0, 0.1) is 0 Å². The van der Waals surface area contributed by atoms with Crippen LogP contribution in [0.5, 0.6) is 0 Å². The summed E-state index contributed by atoms with van der Waals surface area (Å²) in [5.41, 5.74) is 0. The predicted molar refractivity (Wildman–Crippen MR) is 37.4 cm³/mol. The first-order valence-electron chi connectivity index (χ1n) is 0. The van der Waals surface area contributed by atoms with E-state index in [1.54, 1.807) is 0 Å². The van der Waals surface area contributed by atoms with Crippen LogP contribution < -0.4 is 0 Å². The fourth-order valence-electron chi connectivity index (χ4n) is 0. The van der Waals surface area contributed by atoms with Gasteiger partial charge in [0, 0.05) is 0 Å². The molecule has 12 N–H and O–H groups in total. The molecule has 0 saturated heterocycles. The van der Waals surface area contributed by atoms with Gasteiger partial charge in [-0.15, -0.1) is 0 Å². The molecule has 56 valence electrons. The fraction of sp³-hybridized carbons (Fsp3) is 0. The fourth-order valence-corrected chi connectivity index (χ4v) is 0. The van der Waals surface area contributed by atoms with Gasteiger partial charge in [0.05, 0.1) is 0 Å². The summed E-state index contributed by atoms with van der Waals surface area (Å²) < 4.78 is 0. The standard InChI is InChI=1S/Cs.6H2O.Sn.3H/h;6*1H2;;;;. The molecule has 0 aromatic heterocycles. The van der Waals surface area contributed by atoms with E-state index in [1.807, 2.05) is 0 Å². The summed E-state index contributed by atoms with van der Waals surface area (Å²) in [6.07, 6.45) is 0. The molecule has 0 heterocycles. The zero-order chi connectivity index (χ0) is 0. The second kappa shape index (κ2) is 105. The molecule has 0 bridgehead atoms. The van der Waals surface area contributed by atoms with E-state index in [4.69, 9.17) is 0 Å². The van der Waals surface area contributed by atoms with Gasteiger partial charge in [-0.3, -0.25) is 0 Å². The van der Waals surface area contributed by atoms with Crippen molar-refractivity contribution in [3.63, 3.8) is 0 Å². The molecule has 0 amide bonds. The SMILES string of the molecule is O.O.O.O.O.O.[CsH].[SnH2]. The van der Waals surface area contributed by atoms with Crippen molar-refractivity contribution in [2.45, 2.75) is 0 Å². The van der Waals surface area contributed by atoms with Crippen molar-refractivity contribution in [3.05, 3.63) is 0 Å². The van der Waals surface area contributed by atoms with Gasteiger partial charge >= 0.3 is 92.8 Å². The topological polar surface area (TPSA) is 189 Å². The molecule has 0 saturated carbocycles. The first-order valence-corrected chi connectivity index (χ1v) is 0. The molecule has 0 spiro atoms. The Morgan fingerprint density at radius 3 is 0.375 bits per heavy atom. The third kappa shape index (κ3) is 73.2. The Bertz CT molecular complexity index is 8.49. The van der Waals surface area contributed by atoms with Gasteiger partial charge in [-0.1, -0.05) is 0 Å². The van der Waals surface area contributed by atoms with Gasteiger partial charge in [0.25, 0.3) is 0 Å². The average Bonchev–Trinajstić information content (AvgIpc) is 0. The van der Waals surface area contributed by atoms with Crippen molar-refractivity contribution in [2.75, 3.05) is 0 Å². The average molecular weight is 363 g/mol. The van der Waals surface area contributed by atoms with Crippen molar-refractivity contribution in [1.29, 1.82) is 0 Å². The van der Waals surface area contributed by atoms with Gasteiger partial charge in [0.1, 0.15) is 0 Å². The molecule has 8 heteroatoms. The van der Waals surface area contributed by atoms with Gasteiger partial charge in [0.2, 0.25) is 0 Å². The Kier molecular flexibility index (Phi) is 1880. The molecule has 0 atom stereocenters. The van der Waals surface area contributed by atoms with Crippen LogP contribution in [0.15, 0.2) is 0 Å². The first kappa shape index (κ1) is 144. The maximum atomic E-state index is 0. The molecule has 0 aliphatic rings. The molecule has 0 aromatic carbocycles. The molecular weight excluding hydrogens is 348 g/mol. The molecule has 0 aliphatic heterocycles. The number of hydrogen-bond acceptors (Lipinski definition) is 0.